The van der Waals surface area contributed by atoms with Crippen LogP contribution in [0.4, 0.5) is 5.82 Å². The van der Waals surface area contributed by atoms with Crippen LogP contribution in [-0.4, -0.2) is 48.0 Å². The lowest BCUT2D eigenvalue weighted by atomic mass is 10.2. The van der Waals surface area contributed by atoms with E-state index in [1.165, 1.54) is 10.9 Å². The molecule has 0 radical (unpaired) electrons. The fourth-order valence-corrected chi connectivity index (χ4v) is 1.95. The van der Waals surface area contributed by atoms with Gasteiger partial charge in [0.25, 0.3) is 0 Å². The molecule has 0 spiro atoms. The van der Waals surface area contributed by atoms with Crippen molar-refractivity contribution >= 4 is 16.9 Å². The fourth-order valence-electron chi connectivity index (χ4n) is 1.95. The fraction of sp³-hybridized carbons (Fsp3) is 0.300. The summed E-state index contributed by atoms with van der Waals surface area (Å²) in [6.45, 7) is -0.518. The van der Waals surface area contributed by atoms with E-state index in [0.717, 1.165) is 0 Å². The Labute approximate surface area is 106 Å². The molecule has 1 aliphatic heterocycles. The van der Waals surface area contributed by atoms with Crippen molar-refractivity contribution < 1.29 is 20.1 Å². The number of rotatable bonds is 2. The quantitative estimate of drug-likeness (QED) is 0.545. The van der Waals surface area contributed by atoms with Crippen molar-refractivity contribution in [2.24, 2.45) is 0 Å². The van der Waals surface area contributed by atoms with E-state index in [0.29, 0.717) is 11.0 Å². The molecule has 2 atom stereocenters. The Morgan fingerprint density at radius 1 is 1.47 bits per heavy atom. The molecule has 9 nitrogen and oxygen atoms in total. The molecular formula is C10H11N5O4. The summed E-state index contributed by atoms with van der Waals surface area (Å²) in [6.07, 6.45) is -0.866. The van der Waals surface area contributed by atoms with E-state index in [9.17, 15) is 10.2 Å². The third-order valence-corrected chi connectivity index (χ3v) is 2.90. The maximum atomic E-state index is 9.88. The van der Waals surface area contributed by atoms with Crippen molar-refractivity contribution in [1.29, 1.82) is 0 Å². The molecule has 100 valence electrons. The van der Waals surface area contributed by atoms with Gasteiger partial charge in [0.1, 0.15) is 6.61 Å². The number of hydrogen-bond acceptors (Lipinski definition) is 8. The number of anilines is 1. The number of nitrogens with two attached hydrogens (primary N) is 1. The number of aliphatic hydroxyl groups is 3. The Morgan fingerprint density at radius 2 is 2.26 bits per heavy atom. The van der Waals surface area contributed by atoms with Gasteiger partial charge in [-0.1, -0.05) is 5.21 Å². The van der Waals surface area contributed by atoms with Crippen LogP contribution in [0.2, 0.25) is 0 Å². The van der Waals surface area contributed by atoms with Crippen molar-refractivity contribution in [2.75, 3.05) is 12.3 Å². The minimum absolute atomic E-state index is 0.0943. The summed E-state index contributed by atoms with van der Waals surface area (Å²) in [5.74, 6) is -0.308. The number of aliphatic hydroxyl groups excluding tert-OH is 3. The molecule has 2 aromatic rings. The molecule has 0 saturated heterocycles. The zero-order valence-corrected chi connectivity index (χ0v) is 9.63. The van der Waals surface area contributed by atoms with E-state index < -0.39 is 24.7 Å². The molecule has 19 heavy (non-hydrogen) atoms. The zero-order valence-electron chi connectivity index (χ0n) is 9.63. The maximum Gasteiger partial charge on any atom is 0.226 e. The van der Waals surface area contributed by atoms with Crippen molar-refractivity contribution in [3.8, 4) is 0 Å². The molecule has 0 aliphatic carbocycles. The van der Waals surface area contributed by atoms with Crippen molar-refractivity contribution in [1.82, 2.24) is 20.0 Å². The van der Waals surface area contributed by atoms with Gasteiger partial charge in [0.15, 0.2) is 29.0 Å². The SMILES string of the molecule is Nc1nccc2c1nnn2[C@@H]1OC(CO)=C(O)C1O. The smallest absolute Gasteiger partial charge is 0.226 e. The number of fused-ring (bicyclic) bond motifs is 1. The topological polar surface area (TPSA) is 140 Å². The molecular weight excluding hydrogens is 254 g/mol. The summed E-state index contributed by atoms with van der Waals surface area (Å²) >= 11 is 0. The Morgan fingerprint density at radius 3 is 2.95 bits per heavy atom. The van der Waals surface area contributed by atoms with Gasteiger partial charge >= 0.3 is 0 Å². The number of nitrogens with zero attached hydrogens (tertiary/aromatic N) is 4. The normalized spacial score (nSPS) is 23.1. The largest absolute Gasteiger partial charge is 0.506 e. The predicted octanol–water partition coefficient (Wildman–Crippen LogP) is -0.940. The summed E-state index contributed by atoms with van der Waals surface area (Å²) in [6, 6.07) is 1.61. The number of pyridine rings is 1. The predicted molar refractivity (Wildman–Crippen MR) is 62.6 cm³/mol. The van der Waals surface area contributed by atoms with Crippen LogP contribution < -0.4 is 5.73 Å². The van der Waals surface area contributed by atoms with Crippen LogP contribution in [0.15, 0.2) is 23.8 Å². The molecule has 9 heteroatoms. The van der Waals surface area contributed by atoms with E-state index in [1.54, 1.807) is 6.07 Å². The molecule has 3 heterocycles. The number of ether oxygens (including phenoxy) is 1. The first-order valence-corrected chi connectivity index (χ1v) is 5.46. The Balaban J connectivity index is 2.06. The molecule has 3 rings (SSSR count). The van der Waals surface area contributed by atoms with Crippen LogP contribution in [0.1, 0.15) is 6.23 Å². The van der Waals surface area contributed by atoms with Gasteiger partial charge in [-0.05, 0) is 6.07 Å². The molecule has 2 aromatic heterocycles. The van der Waals surface area contributed by atoms with Crippen molar-refractivity contribution in [3.05, 3.63) is 23.8 Å². The number of aromatic nitrogens is 4. The molecule has 0 saturated carbocycles. The highest BCUT2D eigenvalue weighted by Crippen LogP contribution is 2.32. The zero-order chi connectivity index (χ0) is 13.6. The van der Waals surface area contributed by atoms with E-state index in [2.05, 4.69) is 15.3 Å². The van der Waals surface area contributed by atoms with E-state index in [-0.39, 0.29) is 11.6 Å². The van der Waals surface area contributed by atoms with Crippen molar-refractivity contribution in [3.63, 3.8) is 0 Å². The highest BCUT2D eigenvalue weighted by atomic mass is 16.5. The summed E-state index contributed by atoms with van der Waals surface area (Å²) in [5.41, 5.74) is 6.53. The standard InChI is InChI=1S/C10H11N5O4/c11-9-6-4(1-2-12-9)15(14-13-6)10-8(18)7(17)5(3-16)19-10/h1-2,8,10,16-18H,3H2,(H2,11,12)/t8?,10-/m1/s1. The lowest BCUT2D eigenvalue weighted by Crippen LogP contribution is -2.23. The minimum Gasteiger partial charge on any atom is -0.506 e. The highest BCUT2D eigenvalue weighted by molar-refractivity contribution is 5.83. The Hall–Kier alpha value is -2.39. The van der Waals surface area contributed by atoms with Crippen molar-refractivity contribution in [2.45, 2.75) is 12.3 Å². The van der Waals surface area contributed by atoms with Crippen LogP contribution in [-0.2, 0) is 4.74 Å². The summed E-state index contributed by atoms with van der Waals surface area (Å²) in [5, 5.41) is 36.2. The molecule has 1 unspecified atom stereocenters. The monoisotopic (exact) mass is 265 g/mol. The van der Waals surface area contributed by atoms with Crippen LogP contribution in [0.25, 0.3) is 11.0 Å². The first kappa shape index (κ1) is 11.7. The average Bonchev–Trinajstić information content (AvgIpc) is 2.94. The van der Waals surface area contributed by atoms with Gasteiger partial charge in [-0.25, -0.2) is 9.67 Å². The van der Waals surface area contributed by atoms with Gasteiger partial charge in [0.2, 0.25) is 6.23 Å². The second kappa shape index (κ2) is 4.07. The summed E-state index contributed by atoms with van der Waals surface area (Å²) in [4.78, 5) is 3.87. The lowest BCUT2D eigenvalue weighted by molar-refractivity contribution is -0.0201. The summed E-state index contributed by atoms with van der Waals surface area (Å²) < 4.78 is 6.53. The van der Waals surface area contributed by atoms with Gasteiger partial charge in [-0.3, -0.25) is 0 Å². The Kier molecular flexibility index (Phi) is 2.50. The average molecular weight is 265 g/mol. The first-order valence-electron chi connectivity index (χ1n) is 5.46. The van der Waals surface area contributed by atoms with Crippen LogP contribution in [0.3, 0.4) is 0 Å². The van der Waals surface area contributed by atoms with Crippen LogP contribution in [0.5, 0.6) is 0 Å². The lowest BCUT2D eigenvalue weighted by Gasteiger charge is -2.15. The van der Waals surface area contributed by atoms with E-state index in [1.807, 2.05) is 0 Å². The van der Waals surface area contributed by atoms with E-state index in [4.69, 9.17) is 15.6 Å². The van der Waals surface area contributed by atoms with Gasteiger partial charge in [0, 0.05) is 6.20 Å². The first-order chi connectivity index (χ1) is 9.13. The minimum atomic E-state index is -1.33. The molecule has 0 aromatic carbocycles. The summed E-state index contributed by atoms with van der Waals surface area (Å²) in [7, 11) is 0. The third-order valence-electron chi connectivity index (χ3n) is 2.90. The van der Waals surface area contributed by atoms with Gasteiger partial charge in [-0.15, -0.1) is 5.10 Å². The van der Waals surface area contributed by atoms with E-state index >= 15 is 0 Å². The number of nitrogen functional groups attached to an aromatic ring is 1. The van der Waals surface area contributed by atoms with Crippen LogP contribution >= 0.6 is 0 Å². The molecule has 0 fully saturated rings. The Bertz CT molecular complexity index is 667. The maximum absolute atomic E-state index is 9.88. The second-order valence-electron chi connectivity index (χ2n) is 4.02. The molecule has 0 bridgehead atoms. The number of hydrogen-bond donors (Lipinski definition) is 4. The molecule has 0 amide bonds. The second-order valence-corrected chi connectivity index (χ2v) is 4.02. The van der Waals surface area contributed by atoms with Crippen LogP contribution in [0, 0.1) is 0 Å². The molecule has 5 N–H and O–H groups in total. The third kappa shape index (κ3) is 1.59. The van der Waals surface area contributed by atoms with Gasteiger partial charge < -0.3 is 25.8 Å². The van der Waals surface area contributed by atoms with Gasteiger partial charge in [-0.2, -0.15) is 0 Å². The highest BCUT2D eigenvalue weighted by Gasteiger charge is 2.38. The molecule has 1 aliphatic rings. The van der Waals surface area contributed by atoms with Gasteiger partial charge in [0.05, 0.1) is 5.52 Å².